The maximum atomic E-state index is 10.9. The summed E-state index contributed by atoms with van der Waals surface area (Å²) in [5.41, 5.74) is 7.14. The average Bonchev–Trinajstić information content (AvgIpc) is 2.76. The highest BCUT2D eigenvalue weighted by Gasteiger charge is 2.10. The molecule has 1 aromatic carbocycles. The van der Waals surface area contributed by atoms with E-state index in [4.69, 9.17) is 10.5 Å². The predicted molar refractivity (Wildman–Crippen MR) is 67.9 cm³/mol. The van der Waals surface area contributed by atoms with Gasteiger partial charge in [0.25, 0.3) is 5.91 Å². The molecule has 18 heavy (non-hydrogen) atoms. The third kappa shape index (κ3) is 2.68. The first kappa shape index (κ1) is 12.2. The van der Waals surface area contributed by atoms with E-state index in [0.717, 1.165) is 11.1 Å². The summed E-state index contributed by atoms with van der Waals surface area (Å²) in [6.07, 6.45) is 3.04. The number of carbonyl (C=O) groups is 1. The van der Waals surface area contributed by atoms with Gasteiger partial charge in [-0.2, -0.15) is 5.10 Å². The molecule has 0 aliphatic rings. The first-order valence-corrected chi connectivity index (χ1v) is 5.61. The van der Waals surface area contributed by atoms with Gasteiger partial charge in [-0.3, -0.25) is 9.48 Å². The van der Waals surface area contributed by atoms with Gasteiger partial charge < -0.3 is 10.5 Å². The third-order valence-electron chi connectivity index (χ3n) is 2.59. The van der Waals surface area contributed by atoms with Crippen LogP contribution in [0.2, 0.25) is 0 Å². The van der Waals surface area contributed by atoms with Crippen molar-refractivity contribution >= 4 is 5.91 Å². The molecule has 2 N–H and O–H groups in total. The van der Waals surface area contributed by atoms with Crippen molar-refractivity contribution in [1.82, 2.24) is 9.78 Å². The van der Waals surface area contributed by atoms with E-state index in [1.165, 1.54) is 0 Å². The fraction of sp³-hybridized carbons (Fsp3) is 0.231. The Hall–Kier alpha value is -2.30. The molecule has 0 fully saturated rings. The Morgan fingerprint density at radius 2 is 2.22 bits per heavy atom. The summed E-state index contributed by atoms with van der Waals surface area (Å²) in [5, 5.41) is 4.11. The number of aryl methyl sites for hydroxylation is 1. The average molecular weight is 245 g/mol. The van der Waals surface area contributed by atoms with E-state index in [0.29, 0.717) is 5.75 Å². The van der Waals surface area contributed by atoms with Gasteiger partial charge in [0, 0.05) is 18.8 Å². The summed E-state index contributed by atoms with van der Waals surface area (Å²) < 4.78 is 7.17. The smallest absolute Gasteiger partial charge is 0.258 e. The topological polar surface area (TPSA) is 70.1 Å². The Morgan fingerprint density at radius 1 is 1.44 bits per heavy atom. The van der Waals surface area contributed by atoms with Crippen molar-refractivity contribution in [2.75, 3.05) is 0 Å². The second-order valence-corrected chi connectivity index (χ2v) is 4.09. The van der Waals surface area contributed by atoms with Crippen LogP contribution >= 0.6 is 0 Å². The summed E-state index contributed by atoms with van der Waals surface area (Å²) in [6.45, 7) is 1.62. The third-order valence-corrected chi connectivity index (χ3v) is 2.59. The number of nitrogens with two attached hydrogens (primary N) is 1. The maximum Gasteiger partial charge on any atom is 0.258 e. The molecule has 1 amide bonds. The van der Waals surface area contributed by atoms with Crippen molar-refractivity contribution in [3.8, 4) is 16.9 Å². The van der Waals surface area contributed by atoms with Crippen molar-refractivity contribution in [1.29, 1.82) is 0 Å². The zero-order chi connectivity index (χ0) is 13.1. The van der Waals surface area contributed by atoms with E-state index in [9.17, 15) is 4.79 Å². The minimum atomic E-state index is -0.644. The van der Waals surface area contributed by atoms with Crippen LogP contribution in [0, 0.1) is 0 Å². The molecule has 1 heterocycles. The second kappa shape index (κ2) is 4.91. The number of aromatic nitrogens is 2. The van der Waals surface area contributed by atoms with Gasteiger partial charge in [-0.1, -0.05) is 12.1 Å². The summed E-state index contributed by atoms with van der Waals surface area (Å²) in [7, 11) is 1.86. The van der Waals surface area contributed by atoms with E-state index in [1.54, 1.807) is 23.9 Å². The SMILES string of the molecule is C[C@@H](Oc1cccc(-c2cnn(C)c2)c1)C(N)=O. The Labute approximate surface area is 105 Å². The molecular formula is C13H15N3O2. The molecule has 2 aromatic rings. The normalized spacial score (nSPS) is 12.1. The molecule has 0 aliphatic carbocycles. The fourth-order valence-electron chi connectivity index (χ4n) is 1.58. The van der Waals surface area contributed by atoms with E-state index in [-0.39, 0.29) is 0 Å². The van der Waals surface area contributed by atoms with E-state index in [1.807, 2.05) is 31.4 Å². The highest BCUT2D eigenvalue weighted by molar-refractivity contribution is 5.78. The van der Waals surface area contributed by atoms with E-state index >= 15 is 0 Å². The minimum Gasteiger partial charge on any atom is -0.481 e. The fourth-order valence-corrected chi connectivity index (χ4v) is 1.58. The standard InChI is InChI=1S/C13H15N3O2/c1-9(13(14)17)18-12-5-3-4-10(6-12)11-7-15-16(2)8-11/h3-9H,1-2H3,(H2,14,17)/t9-/m1/s1. The lowest BCUT2D eigenvalue weighted by Crippen LogP contribution is -2.30. The number of ether oxygens (including phenoxy) is 1. The molecule has 0 unspecified atom stereocenters. The molecule has 94 valence electrons. The molecule has 0 radical (unpaired) electrons. The molecule has 0 bridgehead atoms. The number of carbonyl (C=O) groups excluding carboxylic acids is 1. The molecule has 0 saturated carbocycles. The first-order valence-electron chi connectivity index (χ1n) is 5.61. The summed E-state index contributed by atoms with van der Waals surface area (Å²) >= 11 is 0. The quantitative estimate of drug-likeness (QED) is 0.883. The molecule has 1 atom stereocenters. The molecule has 1 aromatic heterocycles. The van der Waals surface area contributed by atoms with Crippen LogP contribution in [0.3, 0.4) is 0 Å². The maximum absolute atomic E-state index is 10.9. The molecule has 2 rings (SSSR count). The Morgan fingerprint density at radius 3 is 2.83 bits per heavy atom. The van der Waals surface area contributed by atoms with Crippen LogP contribution in [-0.4, -0.2) is 21.8 Å². The van der Waals surface area contributed by atoms with Crippen molar-refractivity contribution < 1.29 is 9.53 Å². The lowest BCUT2D eigenvalue weighted by Gasteiger charge is -2.11. The number of amides is 1. The van der Waals surface area contributed by atoms with Crippen molar-refractivity contribution in [2.24, 2.45) is 12.8 Å². The largest absolute Gasteiger partial charge is 0.481 e. The molecule has 0 aliphatic heterocycles. The minimum absolute atomic E-state index is 0.484. The molecular weight excluding hydrogens is 230 g/mol. The van der Waals surface area contributed by atoms with Crippen LogP contribution in [0.5, 0.6) is 5.75 Å². The van der Waals surface area contributed by atoms with Crippen molar-refractivity contribution in [2.45, 2.75) is 13.0 Å². The van der Waals surface area contributed by atoms with Crippen molar-refractivity contribution in [3.63, 3.8) is 0 Å². The lowest BCUT2D eigenvalue weighted by molar-refractivity contribution is -0.123. The zero-order valence-electron chi connectivity index (χ0n) is 10.3. The van der Waals surface area contributed by atoms with Crippen molar-refractivity contribution in [3.05, 3.63) is 36.7 Å². The molecule has 0 spiro atoms. The van der Waals surface area contributed by atoms with Crippen LogP contribution in [0.15, 0.2) is 36.7 Å². The highest BCUT2D eigenvalue weighted by atomic mass is 16.5. The van der Waals surface area contributed by atoms with Crippen LogP contribution in [0.1, 0.15) is 6.92 Å². The van der Waals surface area contributed by atoms with Crippen LogP contribution < -0.4 is 10.5 Å². The number of hydrogen-bond donors (Lipinski definition) is 1. The summed E-state index contributed by atoms with van der Waals surface area (Å²) in [6, 6.07) is 7.47. The van der Waals surface area contributed by atoms with Crippen LogP contribution in [-0.2, 0) is 11.8 Å². The van der Waals surface area contributed by atoms with Gasteiger partial charge in [-0.15, -0.1) is 0 Å². The Bertz CT molecular complexity index is 563. The monoisotopic (exact) mass is 245 g/mol. The van der Waals surface area contributed by atoms with Gasteiger partial charge >= 0.3 is 0 Å². The Balaban J connectivity index is 2.22. The molecule has 5 heteroatoms. The predicted octanol–water partition coefficient (Wildman–Crippen LogP) is 1.34. The number of benzene rings is 1. The molecule has 5 nitrogen and oxygen atoms in total. The van der Waals surface area contributed by atoms with E-state index < -0.39 is 12.0 Å². The summed E-state index contributed by atoms with van der Waals surface area (Å²) in [5.74, 6) is 0.129. The first-order chi connectivity index (χ1) is 8.56. The summed E-state index contributed by atoms with van der Waals surface area (Å²) in [4.78, 5) is 10.9. The number of rotatable bonds is 4. The van der Waals surface area contributed by atoms with Gasteiger partial charge in [-0.25, -0.2) is 0 Å². The van der Waals surface area contributed by atoms with Gasteiger partial charge in [0.15, 0.2) is 6.10 Å². The van der Waals surface area contributed by atoms with Gasteiger partial charge in [0.05, 0.1) is 6.20 Å². The number of nitrogens with zero attached hydrogens (tertiary/aromatic N) is 2. The van der Waals surface area contributed by atoms with Crippen LogP contribution in [0.25, 0.3) is 11.1 Å². The number of primary amides is 1. The van der Waals surface area contributed by atoms with E-state index in [2.05, 4.69) is 5.10 Å². The Kier molecular flexibility index (Phi) is 3.32. The molecule has 0 saturated heterocycles. The number of hydrogen-bond acceptors (Lipinski definition) is 3. The van der Waals surface area contributed by atoms with Crippen LogP contribution in [0.4, 0.5) is 0 Å². The van der Waals surface area contributed by atoms with Gasteiger partial charge in [0.2, 0.25) is 0 Å². The van der Waals surface area contributed by atoms with Gasteiger partial charge in [-0.05, 0) is 24.6 Å². The van der Waals surface area contributed by atoms with Gasteiger partial charge in [0.1, 0.15) is 5.75 Å². The zero-order valence-corrected chi connectivity index (χ0v) is 10.3. The highest BCUT2D eigenvalue weighted by Crippen LogP contribution is 2.23. The lowest BCUT2D eigenvalue weighted by atomic mass is 10.1. The second-order valence-electron chi connectivity index (χ2n) is 4.09.